The number of aliphatic carboxylic acids is 1. The zero-order chi connectivity index (χ0) is 19.3. The van der Waals surface area contributed by atoms with Gasteiger partial charge in [-0.2, -0.15) is 0 Å². The highest BCUT2D eigenvalue weighted by atomic mass is 19.1. The summed E-state index contributed by atoms with van der Waals surface area (Å²) in [5.74, 6) is -1.95. The summed E-state index contributed by atoms with van der Waals surface area (Å²) >= 11 is 0. The third-order valence-corrected chi connectivity index (χ3v) is 3.38. The fourth-order valence-electron chi connectivity index (χ4n) is 1.91. The molecule has 0 aromatic rings. The second-order valence-corrected chi connectivity index (χ2v) is 7.67. The molecule has 1 unspecified atom stereocenters. The third kappa shape index (κ3) is 8.08. The van der Waals surface area contributed by atoms with E-state index in [1.54, 1.807) is 20.8 Å². The first-order valence-electron chi connectivity index (χ1n) is 7.78. The zero-order valence-electron chi connectivity index (χ0n) is 15.6. The van der Waals surface area contributed by atoms with Crippen LogP contribution in [0, 0.1) is 5.41 Å². The number of carboxylic acids is 1. The van der Waals surface area contributed by atoms with Crippen LogP contribution in [0.1, 0.15) is 48.0 Å². The molecule has 0 saturated carbocycles. The predicted molar refractivity (Wildman–Crippen MR) is 90.2 cm³/mol. The van der Waals surface area contributed by atoms with E-state index in [1.807, 2.05) is 0 Å². The molecule has 0 fully saturated rings. The van der Waals surface area contributed by atoms with Crippen molar-refractivity contribution in [3.05, 3.63) is 11.6 Å². The van der Waals surface area contributed by atoms with E-state index in [2.05, 4.69) is 5.32 Å². The number of nitrogens with zero attached hydrogens (tertiary/aromatic N) is 1. The normalized spacial score (nSPS) is 14.1. The summed E-state index contributed by atoms with van der Waals surface area (Å²) in [5, 5.41) is 11.4. The average Bonchev–Trinajstić information content (AvgIpc) is 2.37. The van der Waals surface area contributed by atoms with Crippen LogP contribution in [0.5, 0.6) is 0 Å². The fourth-order valence-corrected chi connectivity index (χ4v) is 1.91. The van der Waals surface area contributed by atoms with Gasteiger partial charge >= 0.3 is 5.97 Å². The number of likely N-dealkylation sites (N-methyl/N-ethyl adjacent to an activating group) is 1. The minimum atomic E-state index is -1.66. The van der Waals surface area contributed by atoms with Gasteiger partial charge in [0.25, 0.3) is 0 Å². The summed E-state index contributed by atoms with van der Waals surface area (Å²) in [6, 6.07) is -0.837. The lowest BCUT2D eigenvalue weighted by Crippen LogP contribution is -2.54. The van der Waals surface area contributed by atoms with Gasteiger partial charge in [0.2, 0.25) is 11.8 Å². The molecule has 2 amide bonds. The third-order valence-electron chi connectivity index (χ3n) is 3.38. The number of hydrogen-bond donors (Lipinski definition) is 2. The van der Waals surface area contributed by atoms with Crippen molar-refractivity contribution in [2.45, 2.75) is 59.7 Å². The molecule has 0 bridgehead atoms. The molecule has 0 aliphatic carbocycles. The Bertz CT molecular complexity index is 516. The number of carboxylic acid groups (broad SMARTS) is 1. The van der Waals surface area contributed by atoms with Crippen LogP contribution in [0.2, 0.25) is 0 Å². The summed E-state index contributed by atoms with van der Waals surface area (Å²) < 4.78 is 13.6. The number of rotatable bonds is 7. The van der Waals surface area contributed by atoms with Crippen molar-refractivity contribution in [1.29, 1.82) is 0 Å². The maximum atomic E-state index is 13.6. The maximum absolute atomic E-state index is 13.6. The van der Waals surface area contributed by atoms with Gasteiger partial charge in [0.1, 0.15) is 11.7 Å². The number of nitrogens with one attached hydrogen (secondary N) is 1. The summed E-state index contributed by atoms with van der Waals surface area (Å²) in [6.45, 7) is 9.52. The lowest BCUT2D eigenvalue weighted by Gasteiger charge is -2.33. The summed E-state index contributed by atoms with van der Waals surface area (Å²) in [6.07, 6.45) is 1.08. The lowest BCUT2D eigenvalue weighted by molar-refractivity contribution is -0.138. The molecule has 6 nitrogen and oxygen atoms in total. The zero-order valence-corrected chi connectivity index (χ0v) is 15.6. The molecule has 0 heterocycles. The Hall–Kier alpha value is -1.92. The molecule has 24 heavy (non-hydrogen) atoms. The first-order chi connectivity index (χ1) is 10.6. The number of hydrogen-bond acceptors (Lipinski definition) is 3. The Kier molecular flexibility index (Phi) is 7.60. The van der Waals surface area contributed by atoms with E-state index in [9.17, 15) is 18.8 Å². The highest BCUT2D eigenvalue weighted by Gasteiger charge is 2.35. The molecule has 0 aliphatic rings. The molecule has 0 aromatic heterocycles. The van der Waals surface area contributed by atoms with Crippen molar-refractivity contribution < 1.29 is 23.9 Å². The van der Waals surface area contributed by atoms with Crippen molar-refractivity contribution in [2.24, 2.45) is 5.41 Å². The Balaban J connectivity index is 5.12. The van der Waals surface area contributed by atoms with Crippen LogP contribution < -0.4 is 5.32 Å². The quantitative estimate of drug-likeness (QED) is 0.693. The number of carbonyl (C=O) groups is 3. The maximum Gasteiger partial charge on any atom is 0.331 e. The van der Waals surface area contributed by atoms with E-state index in [0.29, 0.717) is 0 Å². The highest BCUT2D eigenvalue weighted by Crippen LogP contribution is 2.22. The molecule has 2 N–H and O–H groups in total. The van der Waals surface area contributed by atoms with Crippen LogP contribution in [-0.2, 0) is 14.4 Å². The molecule has 0 aliphatic heterocycles. The van der Waals surface area contributed by atoms with E-state index >= 15 is 0 Å². The molecule has 7 heteroatoms. The van der Waals surface area contributed by atoms with E-state index in [0.717, 1.165) is 0 Å². The van der Waals surface area contributed by atoms with Crippen LogP contribution in [-0.4, -0.2) is 53.1 Å². The average molecular weight is 344 g/mol. The Morgan fingerprint density at radius 3 is 2.08 bits per heavy atom. The number of alkyl halides is 1. The van der Waals surface area contributed by atoms with Crippen LogP contribution in [0.4, 0.5) is 4.39 Å². The van der Waals surface area contributed by atoms with E-state index in [1.165, 1.54) is 38.8 Å². The lowest BCUT2D eigenvalue weighted by atomic mass is 9.85. The van der Waals surface area contributed by atoms with Gasteiger partial charge < -0.3 is 15.3 Å². The number of carbonyl (C=O) groups excluding carboxylic acids is 2. The Morgan fingerprint density at radius 1 is 1.21 bits per heavy atom. The van der Waals surface area contributed by atoms with Gasteiger partial charge in [-0.15, -0.1) is 0 Å². The van der Waals surface area contributed by atoms with E-state index < -0.39 is 29.0 Å². The van der Waals surface area contributed by atoms with E-state index in [-0.39, 0.29) is 24.4 Å². The highest BCUT2D eigenvalue weighted by molar-refractivity contribution is 5.89. The SMILES string of the molecule is C/C(=C\CN(C)C(=O)C(NC(=O)CC(C)(C)F)C(C)(C)C)C(=O)O. The summed E-state index contributed by atoms with van der Waals surface area (Å²) in [4.78, 5) is 36.7. The molecular weight excluding hydrogens is 315 g/mol. The van der Waals surface area contributed by atoms with Crippen LogP contribution >= 0.6 is 0 Å². The smallest absolute Gasteiger partial charge is 0.331 e. The fraction of sp³-hybridized carbons (Fsp3) is 0.706. The Labute approximate surface area is 143 Å². The topological polar surface area (TPSA) is 86.7 Å². The first-order valence-corrected chi connectivity index (χ1v) is 7.78. The summed E-state index contributed by atoms with van der Waals surface area (Å²) in [7, 11) is 1.53. The molecule has 138 valence electrons. The van der Waals surface area contributed by atoms with Gasteiger partial charge in [0.15, 0.2) is 0 Å². The van der Waals surface area contributed by atoms with Crippen molar-refractivity contribution in [3.8, 4) is 0 Å². The van der Waals surface area contributed by atoms with Gasteiger partial charge in [-0.1, -0.05) is 26.8 Å². The largest absolute Gasteiger partial charge is 0.478 e. The Morgan fingerprint density at radius 2 is 1.71 bits per heavy atom. The first kappa shape index (κ1) is 22.1. The molecule has 1 atom stereocenters. The summed E-state index contributed by atoms with van der Waals surface area (Å²) in [5.41, 5.74) is -2.11. The van der Waals surface area contributed by atoms with Crippen molar-refractivity contribution in [1.82, 2.24) is 10.2 Å². The van der Waals surface area contributed by atoms with Gasteiger partial charge in [-0.3, -0.25) is 9.59 Å². The molecule has 0 rings (SSSR count). The number of halogens is 1. The monoisotopic (exact) mass is 344 g/mol. The molecule has 0 saturated heterocycles. The molecule has 0 spiro atoms. The number of amides is 2. The molecule has 0 aromatic carbocycles. The van der Waals surface area contributed by atoms with E-state index in [4.69, 9.17) is 5.11 Å². The standard InChI is InChI=1S/C17H29FN2O4/c1-11(15(23)24)8-9-20(7)14(22)13(16(2,3)4)19-12(21)10-17(5,6)18/h8,13H,9-10H2,1-7H3,(H,19,21)(H,23,24)/b11-8+. The predicted octanol–water partition coefficient (Wildman–Crippen LogP) is 2.14. The minimum Gasteiger partial charge on any atom is -0.478 e. The molecule has 0 radical (unpaired) electrons. The minimum absolute atomic E-state index is 0.105. The van der Waals surface area contributed by atoms with Gasteiger partial charge in [0, 0.05) is 19.2 Å². The van der Waals surface area contributed by atoms with Crippen LogP contribution in [0.25, 0.3) is 0 Å². The molecular formula is C17H29FN2O4. The second-order valence-electron chi connectivity index (χ2n) is 7.67. The van der Waals surface area contributed by atoms with Gasteiger partial charge in [-0.25, -0.2) is 9.18 Å². The van der Waals surface area contributed by atoms with Crippen molar-refractivity contribution >= 4 is 17.8 Å². The van der Waals surface area contributed by atoms with Crippen molar-refractivity contribution in [3.63, 3.8) is 0 Å². The van der Waals surface area contributed by atoms with Crippen LogP contribution in [0.15, 0.2) is 11.6 Å². The van der Waals surface area contributed by atoms with Crippen molar-refractivity contribution in [2.75, 3.05) is 13.6 Å². The van der Waals surface area contributed by atoms with Gasteiger partial charge in [0.05, 0.1) is 6.42 Å². The van der Waals surface area contributed by atoms with Crippen LogP contribution in [0.3, 0.4) is 0 Å². The van der Waals surface area contributed by atoms with Gasteiger partial charge in [-0.05, 0) is 26.2 Å². The second kappa shape index (κ2) is 8.26.